The van der Waals surface area contributed by atoms with E-state index in [9.17, 15) is 9.36 Å². The molecule has 0 aromatic rings. The standard InChI is InChI=1S/C3H4NO3P/c4-2(1-8-7)3(5)6/h2H,4H2,(H,5,6)/t2-/m1/s1. The summed E-state index contributed by atoms with van der Waals surface area (Å²) in [6.45, 7) is 0. The Kier molecular flexibility index (Phi) is 3.20. The van der Waals surface area contributed by atoms with E-state index in [1.807, 2.05) is 5.63 Å². The summed E-state index contributed by atoms with van der Waals surface area (Å²) in [6, 6.07) is -1.24. The first-order chi connectivity index (χ1) is 3.68. The minimum atomic E-state index is -1.24. The topological polar surface area (TPSA) is 80.4 Å². The SMILES string of the molecule is N[C@H](C#P=O)C(=O)O. The molecule has 0 saturated heterocycles. The van der Waals surface area contributed by atoms with Crippen molar-refractivity contribution in [1.82, 2.24) is 0 Å². The molecule has 0 aromatic heterocycles. The van der Waals surface area contributed by atoms with Crippen LogP contribution in [0.4, 0.5) is 0 Å². The molecule has 3 N–H and O–H groups in total. The van der Waals surface area contributed by atoms with Crippen molar-refractivity contribution < 1.29 is 14.5 Å². The fourth-order valence-electron chi connectivity index (χ4n) is 0.112. The van der Waals surface area contributed by atoms with Crippen molar-refractivity contribution in [2.75, 3.05) is 0 Å². The summed E-state index contributed by atoms with van der Waals surface area (Å²) in [5, 5.41) is 7.98. The van der Waals surface area contributed by atoms with Crippen molar-refractivity contribution in [2.45, 2.75) is 6.04 Å². The van der Waals surface area contributed by atoms with Gasteiger partial charge in [-0.1, -0.05) is 0 Å². The molecular weight excluding hydrogens is 129 g/mol. The van der Waals surface area contributed by atoms with Gasteiger partial charge in [0, 0.05) is 0 Å². The van der Waals surface area contributed by atoms with Crippen LogP contribution in [0, 0.1) is 5.63 Å². The van der Waals surface area contributed by atoms with Gasteiger partial charge in [-0.05, 0) is 0 Å². The molecule has 0 unspecified atom stereocenters. The Morgan fingerprint density at radius 1 is 1.88 bits per heavy atom. The Labute approximate surface area is 46.8 Å². The Bertz CT molecular complexity index is 182. The minimum absolute atomic E-state index is 0.471. The summed E-state index contributed by atoms with van der Waals surface area (Å²) in [5.41, 5.74) is 6.75. The van der Waals surface area contributed by atoms with Gasteiger partial charge in [-0.15, -0.1) is 0 Å². The molecule has 0 fully saturated rings. The molecule has 1 atom stereocenters. The normalized spacial score (nSPS) is 11.6. The second kappa shape index (κ2) is 3.44. The Morgan fingerprint density at radius 2 is 2.38 bits per heavy atom. The van der Waals surface area contributed by atoms with Crippen molar-refractivity contribution >= 4 is 13.9 Å². The molecule has 0 aliphatic heterocycles. The predicted octanol–water partition coefficient (Wildman–Crippen LogP) is -0.351. The van der Waals surface area contributed by atoms with Crippen molar-refractivity contribution in [3.63, 3.8) is 0 Å². The van der Waals surface area contributed by atoms with E-state index in [1.165, 1.54) is 0 Å². The maximum atomic E-state index is 9.76. The first-order valence-corrected chi connectivity index (χ1v) is 2.56. The van der Waals surface area contributed by atoms with Crippen LogP contribution in [-0.4, -0.2) is 17.1 Å². The van der Waals surface area contributed by atoms with Crippen LogP contribution in [0.3, 0.4) is 0 Å². The molecule has 0 aliphatic rings. The van der Waals surface area contributed by atoms with E-state index < -0.39 is 19.9 Å². The van der Waals surface area contributed by atoms with Crippen LogP contribution in [0.2, 0.25) is 0 Å². The summed E-state index contributed by atoms with van der Waals surface area (Å²) in [7, 11) is -0.471. The molecule has 8 heavy (non-hydrogen) atoms. The first kappa shape index (κ1) is 7.44. The number of rotatable bonds is 1. The predicted molar refractivity (Wildman–Crippen MR) is 27.1 cm³/mol. The van der Waals surface area contributed by atoms with Crippen LogP contribution in [0.5, 0.6) is 0 Å². The summed E-state index contributed by atoms with van der Waals surface area (Å²) < 4.78 is 9.56. The van der Waals surface area contributed by atoms with Gasteiger partial charge in [0.15, 0.2) is 0 Å². The van der Waals surface area contributed by atoms with E-state index in [1.54, 1.807) is 0 Å². The van der Waals surface area contributed by atoms with Crippen molar-refractivity contribution in [3.8, 4) is 5.63 Å². The number of aliphatic carboxylic acids is 1. The molecule has 0 aliphatic carbocycles. The summed E-state index contributed by atoms with van der Waals surface area (Å²) in [6.07, 6.45) is 0. The van der Waals surface area contributed by atoms with E-state index >= 15 is 0 Å². The fraction of sp³-hybridized carbons (Fsp3) is 0.333. The fourth-order valence-corrected chi connectivity index (χ4v) is 0.336. The third-order valence-corrected chi connectivity index (χ3v) is 0.841. The van der Waals surface area contributed by atoms with E-state index in [0.717, 1.165) is 0 Å². The third-order valence-electron chi connectivity index (χ3n) is 0.458. The van der Waals surface area contributed by atoms with Crippen LogP contribution in [0.25, 0.3) is 0 Å². The molecule has 0 spiro atoms. The number of carboxylic acid groups (broad SMARTS) is 1. The first-order valence-electron chi connectivity index (χ1n) is 1.74. The molecule has 44 valence electrons. The van der Waals surface area contributed by atoms with Crippen LogP contribution < -0.4 is 5.73 Å². The molecule has 0 radical (unpaired) electrons. The molecule has 0 bridgehead atoms. The van der Waals surface area contributed by atoms with Gasteiger partial charge in [0.2, 0.25) is 0 Å². The van der Waals surface area contributed by atoms with Gasteiger partial charge >= 0.3 is 45.8 Å². The van der Waals surface area contributed by atoms with E-state index in [2.05, 4.69) is 0 Å². The average molecular weight is 133 g/mol. The van der Waals surface area contributed by atoms with Crippen LogP contribution in [0.1, 0.15) is 0 Å². The number of nitrogens with two attached hydrogens (primary N) is 1. The van der Waals surface area contributed by atoms with Crippen molar-refractivity contribution in [3.05, 3.63) is 0 Å². The van der Waals surface area contributed by atoms with Gasteiger partial charge in [-0.25, -0.2) is 0 Å². The average Bonchev–Trinajstić information content (AvgIpc) is 1.67. The van der Waals surface area contributed by atoms with Gasteiger partial charge < -0.3 is 0 Å². The number of carbonyl (C=O) groups is 1. The van der Waals surface area contributed by atoms with Crippen LogP contribution in [0.15, 0.2) is 0 Å². The van der Waals surface area contributed by atoms with Gasteiger partial charge in [-0.3, -0.25) is 0 Å². The summed E-state index contributed by atoms with van der Waals surface area (Å²) in [5.74, 6) is -1.23. The van der Waals surface area contributed by atoms with Crippen LogP contribution in [-0.2, 0) is 9.36 Å². The molecule has 0 saturated carbocycles. The zero-order valence-electron chi connectivity index (χ0n) is 3.87. The third kappa shape index (κ3) is 2.59. The zero-order chi connectivity index (χ0) is 6.57. The van der Waals surface area contributed by atoms with Gasteiger partial charge in [0.05, 0.1) is 0 Å². The molecule has 5 heteroatoms. The Morgan fingerprint density at radius 3 is 2.50 bits per heavy atom. The Balaban J connectivity index is 3.96. The second-order valence-electron chi connectivity index (χ2n) is 1.04. The van der Waals surface area contributed by atoms with Crippen molar-refractivity contribution in [1.29, 1.82) is 0 Å². The van der Waals surface area contributed by atoms with E-state index in [0.29, 0.717) is 0 Å². The van der Waals surface area contributed by atoms with Crippen LogP contribution >= 0.6 is 7.92 Å². The molecule has 0 heterocycles. The second-order valence-corrected chi connectivity index (χ2v) is 1.48. The van der Waals surface area contributed by atoms with E-state index in [-0.39, 0.29) is 0 Å². The van der Waals surface area contributed by atoms with Gasteiger partial charge in [0.25, 0.3) is 0 Å². The van der Waals surface area contributed by atoms with E-state index in [4.69, 9.17) is 10.8 Å². The summed E-state index contributed by atoms with van der Waals surface area (Å²) >= 11 is 0. The molecule has 0 rings (SSSR count). The quantitative estimate of drug-likeness (QED) is 0.479. The number of hydrogen-bond acceptors (Lipinski definition) is 3. The maximum absolute atomic E-state index is 9.76. The summed E-state index contributed by atoms with van der Waals surface area (Å²) in [4.78, 5) is 9.76. The molecule has 0 aromatic carbocycles. The number of hydrogen-bond donors (Lipinski definition) is 2. The zero-order valence-corrected chi connectivity index (χ0v) is 4.76. The monoisotopic (exact) mass is 133 g/mol. The van der Waals surface area contributed by atoms with Gasteiger partial charge in [-0.2, -0.15) is 0 Å². The molecular formula is C3H4NO3P. The van der Waals surface area contributed by atoms with Gasteiger partial charge in [0.1, 0.15) is 0 Å². The molecule has 4 nitrogen and oxygen atoms in total. The number of carboxylic acids is 1. The molecule has 0 amide bonds. The Hall–Kier alpha value is -0.560. The van der Waals surface area contributed by atoms with Crippen molar-refractivity contribution in [2.24, 2.45) is 5.73 Å².